The van der Waals surface area contributed by atoms with Crippen molar-refractivity contribution in [3.63, 3.8) is 0 Å². The molecule has 23 heavy (non-hydrogen) atoms. The van der Waals surface area contributed by atoms with Crippen LogP contribution in [0.4, 0.5) is 5.69 Å². The normalized spacial score (nSPS) is 18.0. The van der Waals surface area contributed by atoms with Crippen LogP contribution in [0.3, 0.4) is 0 Å². The number of hydrogen-bond acceptors (Lipinski definition) is 3. The Bertz CT molecular complexity index is 587. The van der Waals surface area contributed by atoms with Crippen LogP contribution in [0.1, 0.15) is 29.5 Å². The number of likely N-dealkylation sites (N-methyl/N-ethyl adjacent to an activating group) is 1. The van der Waals surface area contributed by atoms with E-state index in [1.807, 2.05) is 25.7 Å². The molecule has 5 heteroatoms. The molecule has 2 amide bonds. The molecule has 1 saturated heterocycles. The van der Waals surface area contributed by atoms with Crippen LogP contribution in [-0.4, -0.2) is 54.8 Å². The third kappa shape index (κ3) is 4.10. The molecule has 1 N–H and O–H groups in total. The number of aryl methyl sites for hydroxylation is 3. The number of likely N-dealkylation sites (tertiary alicyclic amines) is 1. The van der Waals surface area contributed by atoms with Crippen LogP contribution in [0.2, 0.25) is 0 Å². The lowest BCUT2D eigenvalue weighted by Crippen LogP contribution is -2.45. The number of rotatable bonds is 4. The number of nitrogens with one attached hydrogen (secondary N) is 1. The van der Waals surface area contributed by atoms with E-state index in [4.69, 9.17) is 0 Å². The number of nitrogens with zero attached hydrogens (tertiary/aromatic N) is 2. The van der Waals surface area contributed by atoms with Gasteiger partial charge >= 0.3 is 0 Å². The first-order chi connectivity index (χ1) is 10.8. The van der Waals surface area contributed by atoms with E-state index in [0.717, 1.165) is 36.2 Å². The average Bonchev–Trinajstić information content (AvgIpc) is 2.89. The van der Waals surface area contributed by atoms with Crippen molar-refractivity contribution in [2.24, 2.45) is 0 Å². The molecular weight excluding hydrogens is 290 g/mol. The summed E-state index contributed by atoms with van der Waals surface area (Å²) in [4.78, 5) is 28.2. The topological polar surface area (TPSA) is 52.7 Å². The van der Waals surface area contributed by atoms with Crippen LogP contribution < -0.4 is 5.32 Å². The summed E-state index contributed by atoms with van der Waals surface area (Å²) >= 11 is 0. The Morgan fingerprint density at radius 1 is 1.22 bits per heavy atom. The summed E-state index contributed by atoms with van der Waals surface area (Å²) < 4.78 is 0. The highest BCUT2D eigenvalue weighted by molar-refractivity contribution is 5.94. The summed E-state index contributed by atoms with van der Waals surface area (Å²) in [5.41, 5.74) is 4.21. The van der Waals surface area contributed by atoms with E-state index in [1.54, 1.807) is 19.0 Å². The molecule has 126 valence electrons. The van der Waals surface area contributed by atoms with Crippen molar-refractivity contribution in [3.05, 3.63) is 28.8 Å². The van der Waals surface area contributed by atoms with Gasteiger partial charge < -0.3 is 10.2 Å². The molecule has 1 aliphatic heterocycles. The molecule has 0 aromatic heterocycles. The first-order valence-electron chi connectivity index (χ1n) is 8.12. The van der Waals surface area contributed by atoms with Crippen LogP contribution in [0, 0.1) is 20.8 Å². The zero-order chi connectivity index (χ0) is 17.1. The lowest BCUT2D eigenvalue weighted by molar-refractivity contribution is -0.133. The Kier molecular flexibility index (Phi) is 5.42. The van der Waals surface area contributed by atoms with Crippen LogP contribution in [0.5, 0.6) is 0 Å². The van der Waals surface area contributed by atoms with Crippen molar-refractivity contribution >= 4 is 17.5 Å². The van der Waals surface area contributed by atoms with Gasteiger partial charge in [0.15, 0.2) is 0 Å². The standard InChI is InChI=1S/C18H27N3O2/c1-12-9-13(2)17(14(3)10-12)19-16(22)11-21-8-6-7-15(21)18(23)20(4)5/h9-10,15H,6-8,11H2,1-5H3,(H,19,22)/t15-/m1/s1. The molecule has 0 bridgehead atoms. The Morgan fingerprint density at radius 2 is 1.83 bits per heavy atom. The van der Waals surface area contributed by atoms with Gasteiger partial charge in [0.25, 0.3) is 0 Å². The van der Waals surface area contributed by atoms with Crippen molar-refractivity contribution in [1.82, 2.24) is 9.80 Å². The molecule has 0 saturated carbocycles. The van der Waals surface area contributed by atoms with Gasteiger partial charge in [0.1, 0.15) is 0 Å². The van der Waals surface area contributed by atoms with Gasteiger partial charge in [0, 0.05) is 19.8 Å². The Hall–Kier alpha value is -1.88. The molecule has 1 aromatic rings. The van der Waals surface area contributed by atoms with Gasteiger partial charge in [-0.05, 0) is 51.3 Å². The van der Waals surface area contributed by atoms with Gasteiger partial charge in [0.2, 0.25) is 11.8 Å². The van der Waals surface area contributed by atoms with Crippen LogP contribution in [0.25, 0.3) is 0 Å². The Morgan fingerprint density at radius 3 is 2.39 bits per heavy atom. The van der Waals surface area contributed by atoms with E-state index in [0.29, 0.717) is 0 Å². The van der Waals surface area contributed by atoms with Crippen LogP contribution in [0.15, 0.2) is 12.1 Å². The molecule has 0 aliphatic carbocycles. The van der Waals surface area contributed by atoms with Gasteiger partial charge in [-0.1, -0.05) is 17.7 Å². The smallest absolute Gasteiger partial charge is 0.239 e. The highest BCUT2D eigenvalue weighted by Crippen LogP contribution is 2.23. The maximum absolute atomic E-state index is 12.4. The maximum atomic E-state index is 12.4. The zero-order valence-corrected chi connectivity index (χ0v) is 14.8. The van der Waals surface area contributed by atoms with E-state index >= 15 is 0 Å². The van der Waals surface area contributed by atoms with Crippen molar-refractivity contribution in [3.8, 4) is 0 Å². The average molecular weight is 317 g/mol. The van der Waals surface area contributed by atoms with Crippen LogP contribution in [-0.2, 0) is 9.59 Å². The van der Waals surface area contributed by atoms with Gasteiger partial charge in [-0.15, -0.1) is 0 Å². The zero-order valence-electron chi connectivity index (χ0n) is 14.8. The number of benzene rings is 1. The number of carbonyl (C=O) groups excluding carboxylic acids is 2. The van der Waals surface area contributed by atoms with Crippen molar-refractivity contribution in [1.29, 1.82) is 0 Å². The molecule has 0 radical (unpaired) electrons. The summed E-state index contributed by atoms with van der Waals surface area (Å²) in [7, 11) is 3.52. The predicted molar refractivity (Wildman–Crippen MR) is 92.6 cm³/mol. The number of amides is 2. The lowest BCUT2D eigenvalue weighted by atomic mass is 10.1. The molecule has 1 heterocycles. The molecule has 1 aliphatic rings. The highest BCUT2D eigenvalue weighted by Gasteiger charge is 2.32. The molecule has 5 nitrogen and oxygen atoms in total. The minimum absolute atomic E-state index is 0.0569. The van der Waals surface area contributed by atoms with E-state index in [9.17, 15) is 9.59 Å². The maximum Gasteiger partial charge on any atom is 0.239 e. The summed E-state index contributed by atoms with van der Waals surface area (Å²) in [5, 5.41) is 3.02. The first kappa shape index (κ1) is 17.5. The monoisotopic (exact) mass is 317 g/mol. The summed E-state index contributed by atoms with van der Waals surface area (Å²) in [6.45, 7) is 7.11. The number of carbonyl (C=O) groups is 2. The largest absolute Gasteiger partial charge is 0.347 e. The Labute approximate surface area is 138 Å². The van der Waals surface area contributed by atoms with Crippen molar-refractivity contribution in [2.45, 2.75) is 39.7 Å². The van der Waals surface area contributed by atoms with Crippen molar-refractivity contribution in [2.75, 3.05) is 32.5 Å². The van der Waals surface area contributed by atoms with Gasteiger partial charge in [-0.3, -0.25) is 14.5 Å². The summed E-state index contributed by atoms with van der Waals surface area (Å²) in [6.07, 6.45) is 1.78. The second-order valence-corrected chi connectivity index (χ2v) is 6.68. The fraction of sp³-hybridized carbons (Fsp3) is 0.556. The fourth-order valence-corrected chi connectivity index (χ4v) is 3.33. The molecular formula is C18H27N3O2. The van der Waals surface area contributed by atoms with Gasteiger partial charge in [-0.2, -0.15) is 0 Å². The predicted octanol–water partition coefficient (Wildman–Crippen LogP) is 2.10. The minimum atomic E-state index is -0.170. The SMILES string of the molecule is Cc1cc(C)c(NC(=O)CN2CCC[C@@H]2C(=O)N(C)C)c(C)c1. The molecule has 1 fully saturated rings. The van der Waals surface area contributed by atoms with Gasteiger partial charge in [0.05, 0.1) is 12.6 Å². The van der Waals surface area contributed by atoms with Crippen LogP contribution >= 0.6 is 0 Å². The minimum Gasteiger partial charge on any atom is -0.347 e. The molecule has 0 spiro atoms. The highest BCUT2D eigenvalue weighted by atomic mass is 16.2. The van der Waals surface area contributed by atoms with Crippen molar-refractivity contribution < 1.29 is 9.59 Å². The Balaban J connectivity index is 2.04. The second-order valence-electron chi connectivity index (χ2n) is 6.68. The molecule has 0 unspecified atom stereocenters. The fourth-order valence-electron chi connectivity index (χ4n) is 3.33. The summed E-state index contributed by atoms with van der Waals surface area (Å²) in [5.74, 6) is 0.0245. The van der Waals surface area contributed by atoms with Gasteiger partial charge in [-0.25, -0.2) is 0 Å². The van der Waals surface area contributed by atoms with E-state index in [2.05, 4.69) is 17.4 Å². The number of anilines is 1. The third-order valence-corrected chi connectivity index (χ3v) is 4.38. The third-order valence-electron chi connectivity index (χ3n) is 4.38. The lowest BCUT2D eigenvalue weighted by Gasteiger charge is -2.25. The van der Waals surface area contributed by atoms with E-state index < -0.39 is 0 Å². The van der Waals surface area contributed by atoms with E-state index in [1.165, 1.54) is 5.56 Å². The summed E-state index contributed by atoms with van der Waals surface area (Å²) in [6, 6.07) is 3.96. The molecule has 1 atom stereocenters. The second kappa shape index (κ2) is 7.13. The first-order valence-corrected chi connectivity index (χ1v) is 8.12. The number of hydrogen-bond donors (Lipinski definition) is 1. The quantitative estimate of drug-likeness (QED) is 0.925. The molecule has 2 rings (SSSR count). The van der Waals surface area contributed by atoms with E-state index in [-0.39, 0.29) is 24.4 Å². The molecule has 1 aromatic carbocycles.